The van der Waals surface area contributed by atoms with Crippen molar-refractivity contribution in [2.24, 2.45) is 0 Å². The third-order valence-electron chi connectivity index (χ3n) is 4.60. The molecule has 0 fully saturated rings. The Balaban J connectivity index is 1.66. The van der Waals surface area contributed by atoms with Crippen molar-refractivity contribution in [2.45, 2.75) is 19.3 Å². The van der Waals surface area contributed by atoms with Crippen molar-refractivity contribution < 1.29 is 19.8 Å². The van der Waals surface area contributed by atoms with Crippen LogP contribution in [0.1, 0.15) is 35.2 Å². The number of aromatic hydroxyl groups is 1. The standard InChI is InChI=1S/C23H21NO4/c1-15(14-22(26)24-21-5-3-2-4-20(21)23(27)28)16-6-8-17(9-7-16)18-10-12-19(25)13-11-18/h2-13,15,25H,14H2,1H3,(H,24,26)(H,27,28). The van der Waals surface area contributed by atoms with Crippen LogP contribution in [0.2, 0.25) is 0 Å². The molecule has 3 aromatic carbocycles. The van der Waals surface area contributed by atoms with Crippen LogP contribution in [0.4, 0.5) is 5.69 Å². The number of phenols is 1. The molecule has 1 amide bonds. The second-order valence-corrected chi connectivity index (χ2v) is 6.67. The van der Waals surface area contributed by atoms with E-state index in [2.05, 4.69) is 5.32 Å². The minimum absolute atomic E-state index is 0.0224. The zero-order valence-electron chi connectivity index (χ0n) is 15.4. The number of hydrogen-bond donors (Lipinski definition) is 3. The summed E-state index contributed by atoms with van der Waals surface area (Å²) in [6.07, 6.45) is 0.243. The number of phenolic OH excluding ortho intramolecular Hbond substituents is 1. The summed E-state index contributed by atoms with van der Waals surface area (Å²) in [6, 6.07) is 21.3. The van der Waals surface area contributed by atoms with E-state index in [1.54, 1.807) is 30.3 Å². The molecule has 5 nitrogen and oxygen atoms in total. The molecule has 0 aliphatic rings. The van der Waals surface area contributed by atoms with E-state index in [-0.39, 0.29) is 29.6 Å². The maximum atomic E-state index is 12.4. The normalized spacial score (nSPS) is 11.6. The van der Waals surface area contributed by atoms with Gasteiger partial charge in [-0.3, -0.25) is 4.79 Å². The van der Waals surface area contributed by atoms with Crippen LogP contribution in [0.25, 0.3) is 11.1 Å². The predicted octanol–water partition coefficient (Wildman–Crippen LogP) is 4.89. The highest BCUT2D eigenvalue weighted by Crippen LogP contribution is 2.26. The molecule has 0 bridgehead atoms. The van der Waals surface area contributed by atoms with Gasteiger partial charge in [-0.1, -0.05) is 55.5 Å². The Hall–Kier alpha value is -3.60. The number of aromatic carboxylic acids is 1. The summed E-state index contributed by atoms with van der Waals surface area (Å²) >= 11 is 0. The van der Waals surface area contributed by atoms with Crippen LogP contribution in [0.5, 0.6) is 5.75 Å². The van der Waals surface area contributed by atoms with Crippen LogP contribution in [0.15, 0.2) is 72.8 Å². The first kappa shape index (κ1) is 19.2. The van der Waals surface area contributed by atoms with Gasteiger partial charge < -0.3 is 15.5 Å². The average Bonchev–Trinajstić information content (AvgIpc) is 2.69. The predicted molar refractivity (Wildman–Crippen MR) is 109 cm³/mol. The van der Waals surface area contributed by atoms with E-state index in [1.165, 1.54) is 6.07 Å². The van der Waals surface area contributed by atoms with E-state index in [0.717, 1.165) is 16.7 Å². The molecule has 0 radical (unpaired) electrons. The molecule has 3 rings (SSSR count). The highest BCUT2D eigenvalue weighted by atomic mass is 16.4. The fourth-order valence-electron chi connectivity index (χ4n) is 3.03. The lowest BCUT2D eigenvalue weighted by molar-refractivity contribution is -0.116. The van der Waals surface area contributed by atoms with Crippen molar-refractivity contribution in [2.75, 3.05) is 5.32 Å². The highest BCUT2D eigenvalue weighted by Gasteiger charge is 2.15. The minimum Gasteiger partial charge on any atom is -0.508 e. The summed E-state index contributed by atoms with van der Waals surface area (Å²) < 4.78 is 0. The molecule has 0 aliphatic carbocycles. The zero-order chi connectivity index (χ0) is 20.1. The van der Waals surface area contributed by atoms with E-state index in [1.807, 2.05) is 43.3 Å². The number of carboxylic acids is 1. The summed E-state index contributed by atoms with van der Waals surface area (Å²) in [5.41, 5.74) is 3.41. The third-order valence-corrected chi connectivity index (χ3v) is 4.60. The molecule has 3 aromatic rings. The zero-order valence-corrected chi connectivity index (χ0v) is 15.4. The number of carbonyl (C=O) groups excluding carboxylic acids is 1. The van der Waals surface area contributed by atoms with Crippen LogP contribution >= 0.6 is 0 Å². The molecule has 3 N–H and O–H groups in total. The second kappa shape index (κ2) is 8.39. The molecule has 0 aromatic heterocycles. The first-order valence-corrected chi connectivity index (χ1v) is 8.95. The highest BCUT2D eigenvalue weighted by molar-refractivity contribution is 6.00. The number of carbonyl (C=O) groups is 2. The Labute approximate surface area is 163 Å². The molecular formula is C23H21NO4. The van der Waals surface area contributed by atoms with Gasteiger partial charge in [0.1, 0.15) is 5.75 Å². The maximum Gasteiger partial charge on any atom is 0.337 e. The van der Waals surface area contributed by atoms with Crippen molar-refractivity contribution in [3.8, 4) is 16.9 Å². The number of para-hydroxylation sites is 1. The van der Waals surface area contributed by atoms with Gasteiger partial charge in [-0.15, -0.1) is 0 Å². The fraction of sp³-hybridized carbons (Fsp3) is 0.130. The topological polar surface area (TPSA) is 86.6 Å². The third kappa shape index (κ3) is 4.57. The van der Waals surface area contributed by atoms with Gasteiger partial charge in [0.25, 0.3) is 0 Å². The number of nitrogens with one attached hydrogen (secondary N) is 1. The van der Waals surface area contributed by atoms with Crippen LogP contribution in [0.3, 0.4) is 0 Å². The fourth-order valence-corrected chi connectivity index (χ4v) is 3.03. The molecule has 1 unspecified atom stereocenters. The largest absolute Gasteiger partial charge is 0.508 e. The molecule has 5 heteroatoms. The number of carboxylic acid groups (broad SMARTS) is 1. The van der Waals surface area contributed by atoms with Gasteiger partial charge in [-0.2, -0.15) is 0 Å². The van der Waals surface area contributed by atoms with Crippen LogP contribution in [-0.4, -0.2) is 22.1 Å². The van der Waals surface area contributed by atoms with Crippen LogP contribution in [-0.2, 0) is 4.79 Å². The number of benzene rings is 3. The molecule has 28 heavy (non-hydrogen) atoms. The van der Waals surface area contributed by atoms with Gasteiger partial charge in [-0.25, -0.2) is 4.79 Å². The van der Waals surface area contributed by atoms with E-state index < -0.39 is 5.97 Å². The van der Waals surface area contributed by atoms with Gasteiger partial charge in [0.05, 0.1) is 11.3 Å². The summed E-state index contributed by atoms with van der Waals surface area (Å²) in [7, 11) is 0. The second-order valence-electron chi connectivity index (χ2n) is 6.67. The Morgan fingerprint density at radius 1 is 0.893 bits per heavy atom. The van der Waals surface area contributed by atoms with E-state index in [9.17, 15) is 19.8 Å². The summed E-state index contributed by atoms with van der Waals surface area (Å²) in [4.78, 5) is 23.6. The Kier molecular flexibility index (Phi) is 5.75. The number of hydrogen-bond acceptors (Lipinski definition) is 3. The molecule has 0 heterocycles. The van der Waals surface area contributed by atoms with Crippen LogP contribution < -0.4 is 5.32 Å². The summed E-state index contributed by atoms with van der Waals surface area (Å²) in [6.45, 7) is 1.96. The Morgan fingerprint density at radius 2 is 1.46 bits per heavy atom. The quantitative estimate of drug-likeness (QED) is 0.572. The lowest BCUT2D eigenvalue weighted by Gasteiger charge is -2.14. The Morgan fingerprint density at radius 3 is 2.07 bits per heavy atom. The van der Waals surface area contributed by atoms with Gasteiger partial charge >= 0.3 is 5.97 Å². The molecular weight excluding hydrogens is 354 g/mol. The lowest BCUT2D eigenvalue weighted by Crippen LogP contribution is -2.16. The van der Waals surface area contributed by atoms with Gasteiger partial charge in [0.15, 0.2) is 0 Å². The van der Waals surface area contributed by atoms with Crippen molar-refractivity contribution in [1.82, 2.24) is 0 Å². The molecule has 0 saturated heterocycles. The van der Waals surface area contributed by atoms with Gasteiger partial charge in [0.2, 0.25) is 5.91 Å². The van der Waals surface area contributed by atoms with E-state index in [0.29, 0.717) is 5.69 Å². The van der Waals surface area contributed by atoms with Crippen LogP contribution in [0, 0.1) is 0 Å². The maximum absolute atomic E-state index is 12.4. The van der Waals surface area contributed by atoms with Crippen molar-refractivity contribution in [3.63, 3.8) is 0 Å². The Bertz CT molecular complexity index is 978. The first-order chi connectivity index (χ1) is 13.4. The van der Waals surface area contributed by atoms with E-state index in [4.69, 9.17) is 0 Å². The molecule has 0 saturated carbocycles. The number of rotatable bonds is 6. The van der Waals surface area contributed by atoms with Crippen molar-refractivity contribution >= 4 is 17.6 Å². The molecule has 0 spiro atoms. The van der Waals surface area contributed by atoms with Gasteiger partial charge in [0, 0.05) is 6.42 Å². The number of amides is 1. The first-order valence-electron chi connectivity index (χ1n) is 8.95. The summed E-state index contributed by atoms with van der Waals surface area (Å²) in [5, 5.41) is 21.3. The van der Waals surface area contributed by atoms with Gasteiger partial charge in [-0.05, 0) is 46.9 Å². The van der Waals surface area contributed by atoms with E-state index >= 15 is 0 Å². The van der Waals surface area contributed by atoms with Crippen molar-refractivity contribution in [3.05, 3.63) is 83.9 Å². The SMILES string of the molecule is CC(CC(=O)Nc1ccccc1C(=O)O)c1ccc(-c2ccc(O)cc2)cc1. The molecule has 142 valence electrons. The number of anilines is 1. The molecule has 0 aliphatic heterocycles. The molecule has 1 atom stereocenters. The average molecular weight is 375 g/mol. The summed E-state index contributed by atoms with van der Waals surface area (Å²) in [5.74, 6) is -1.10. The minimum atomic E-state index is -1.08. The smallest absolute Gasteiger partial charge is 0.337 e. The lowest BCUT2D eigenvalue weighted by atomic mass is 9.95. The van der Waals surface area contributed by atoms with Crippen molar-refractivity contribution in [1.29, 1.82) is 0 Å². The monoisotopic (exact) mass is 375 g/mol.